The summed E-state index contributed by atoms with van der Waals surface area (Å²) in [5.41, 5.74) is 3.53. The van der Waals surface area contributed by atoms with Crippen molar-refractivity contribution in [3.63, 3.8) is 0 Å². The maximum atomic E-state index is 12.5. The van der Waals surface area contributed by atoms with Gasteiger partial charge in [-0.25, -0.2) is 4.68 Å². The third kappa shape index (κ3) is 3.14. The lowest BCUT2D eigenvalue weighted by Gasteiger charge is -2.07. The van der Waals surface area contributed by atoms with Crippen LogP contribution in [0.25, 0.3) is 22.3 Å². The van der Waals surface area contributed by atoms with Gasteiger partial charge in [-0.05, 0) is 42.8 Å². The van der Waals surface area contributed by atoms with Crippen LogP contribution in [0.5, 0.6) is 0 Å². The molecular formula is C18H16BrN7O. The average molecular weight is 426 g/mol. The van der Waals surface area contributed by atoms with Crippen LogP contribution in [0, 0.1) is 13.8 Å². The first-order valence-electron chi connectivity index (χ1n) is 8.30. The number of nitrogens with zero attached hydrogens (tertiary/aromatic N) is 7. The maximum Gasteiger partial charge on any atom is 0.278 e. The maximum absolute atomic E-state index is 12.5. The van der Waals surface area contributed by atoms with E-state index in [4.69, 9.17) is 0 Å². The van der Waals surface area contributed by atoms with Crippen molar-refractivity contribution in [3.8, 4) is 11.4 Å². The molecule has 3 heterocycles. The van der Waals surface area contributed by atoms with Gasteiger partial charge in [0.15, 0.2) is 0 Å². The molecule has 0 bridgehead atoms. The monoisotopic (exact) mass is 425 g/mol. The number of aryl methyl sites for hydroxylation is 2. The van der Waals surface area contributed by atoms with Crippen LogP contribution in [0.2, 0.25) is 0 Å². The van der Waals surface area contributed by atoms with Crippen LogP contribution >= 0.6 is 15.9 Å². The molecule has 8 nitrogen and oxygen atoms in total. The Morgan fingerprint density at radius 2 is 2.00 bits per heavy atom. The molecule has 0 spiro atoms. The molecule has 3 aromatic heterocycles. The predicted octanol–water partition coefficient (Wildman–Crippen LogP) is 2.41. The third-order valence-corrected chi connectivity index (χ3v) is 4.92. The second-order valence-corrected chi connectivity index (χ2v) is 7.21. The molecule has 0 radical (unpaired) electrons. The molecule has 0 saturated carbocycles. The Hall–Kier alpha value is -2.94. The van der Waals surface area contributed by atoms with E-state index >= 15 is 0 Å². The van der Waals surface area contributed by atoms with Crippen LogP contribution in [0.4, 0.5) is 0 Å². The van der Waals surface area contributed by atoms with Crippen molar-refractivity contribution in [2.24, 2.45) is 7.05 Å². The minimum absolute atomic E-state index is 0.243. The minimum Gasteiger partial charge on any atom is -0.267 e. The van der Waals surface area contributed by atoms with Gasteiger partial charge in [0.1, 0.15) is 0 Å². The predicted molar refractivity (Wildman–Crippen MR) is 104 cm³/mol. The van der Waals surface area contributed by atoms with Crippen LogP contribution in [0.1, 0.15) is 16.8 Å². The van der Waals surface area contributed by atoms with Gasteiger partial charge in [0, 0.05) is 28.7 Å². The molecule has 0 fully saturated rings. The zero-order chi connectivity index (χ0) is 19.1. The van der Waals surface area contributed by atoms with E-state index in [9.17, 15) is 4.79 Å². The molecule has 0 aliphatic heterocycles. The largest absolute Gasteiger partial charge is 0.278 e. The summed E-state index contributed by atoms with van der Waals surface area (Å²) >= 11 is 3.53. The number of hydrogen-bond acceptors (Lipinski definition) is 6. The van der Waals surface area contributed by atoms with Crippen LogP contribution in [0.3, 0.4) is 0 Å². The second-order valence-electron chi connectivity index (χ2n) is 6.30. The van der Waals surface area contributed by atoms with E-state index in [-0.39, 0.29) is 5.56 Å². The lowest BCUT2D eigenvalue weighted by Crippen LogP contribution is -2.24. The van der Waals surface area contributed by atoms with Gasteiger partial charge in [-0.1, -0.05) is 22.0 Å². The molecule has 0 N–H and O–H groups in total. The molecule has 0 aliphatic rings. The van der Waals surface area contributed by atoms with E-state index in [0.717, 1.165) is 32.2 Å². The Balaban J connectivity index is 1.77. The highest BCUT2D eigenvalue weighted by Gasteiger charge is 2.17. The molecular weight excluding hydrogens is 410 g/mol. The van der Waals surface area contributed by atoms with Crippen molar-refractivity contribution < 1.29 is 0 Å². The van der Waals surface area contributed by atoms with Crippen molar-refractivity contribution in [3.05, 3.63) is 62.1 Å². The van der Waals surface area contributed by atoms with Gasteiger partial charge in [-0.2, -0.15) is 9.90 Å². The summed E-state index contributed by atoms with van der Waals surface area (Å²) in [7, 11) is 1.61. The van der Waals surface area contributed by atoms with Gasteiger partial charge in [0.2, 0.25) is 5.82 Å². The first-order chi connectivity index (χ1) is 12.9. The van der Waals surface area contributed by atoms with E-state index in [1.807, 2.05) is 38.1 Å². The number of rotatable bonds is 3. The number of hydrogen-bond donors (Lipinski definition) is 0. The molecule has 0 amide bonds. The summed E-state index contributed by atoms with van der Waals surface area (Å²) in [6.07, 6.45) is 1.76. The number of tetrazole rings is 1. The van der Waals surface area contributed by atoms with Gasteiger partial charge >= 0.3 is 0 Å². The van der Waals surface area contributed by atoms with Crippen LogP contribution in [0.15, 0.2) is 39.7 Å². The molecule has 4 aromatic rings. The van der Waals surface area contributed by atoms with Crippen molar-refractivity contribution >= 4 is 26.8 Å². The van der Waals surface area contributed by atoms with E-state index in [1.54, 1.807) is 13.2 Å². The molecule has 0 unspecified atom stereocenters. The Morgan fingerprint density at radius 1 is 1.19 bits per heavy atom. The van der Waals surface area contributed by atoms with E-state index in [1.165, 1.54) is 9.48 Å². The van der Waals surface area contributed by atoms with Crippen molar-refractivity contribution in [1.29, 1.82) is 0 Å². The van der Waals surface area contributed by atoms with Crippen molar-refractivity contribution in [2.45, 2.75) is 20.4 Å². The standard InChI is InChI=1S/C18H16BrN7O/c1-10-11(2)22-25(3)18(27)15(10)17-21-24-26(23-17)9-13-8-14(19)7-12-5-4-6-20-16(12)13/h4-8H,9H2,1-3H3. The highest BCUT2D eigenvalue weighted by molar-refractivity contribution is 9.10. The second kappa shape index (κ2) is 6.66. The number of benzene rings is 1. The highest BCUT2D eigenvalue weighted by Crippen LogP contribution is 2.23. The number of fused-ring (bicyclic) bond motifs is 1. The number of aromatic nitrogens is 7. The quantitative estimate of drug-likeness (QED) is 0.500. The molecule has 0 saturated heterocycles. The van der Waals surface area contributed by atoms with Gasteiger partial charge < -0.3 is 0 Å². The van der Waals surface area contributed by atoms with Crippen LogP contribution < -0.4 is 5.56 Å². The van der Waals surface area contributed by atoms with Crippen molar-refractivity contribution in [1.82, 2.24) is 35.0 Å². The summed E-state index contributed by atoms with van der Waals surface area (Å²) in [5, 5.41) is 17.9. The van der Waals surface area contributed by atoms with Gasteiger partial charge in [-0.15, -0.1) is 10.2 Å². The van der Waals surface area contributed by atoms with E-state index in [2.05, 4.69) is 41.4 Å². The fourth-order valence-corrected chi connectivity index (χ4v) is 3.55. The van der Waals surface area contributed by atoms with Crippen LogP contribution in [-0.4, -0.2) is 35.0 Å². The summed E-state index contributed by atoms with van der Waals surface area (Å²) in [4.78, 5) is 18.4. The molecule has 136 valence electrons. The Labute approximate surface area is 163 Å². The number of halogens is 1. The summed E-state index contributed by atoms with van der Waals surface area (Å²) in [6, 6.07) is 7.90. The lowest BCUT2D eigenvalue weighted by atomic mass is 10.1. The fraction of sp³-hybridized carbons (Fsp3) is 0.222. The lowest BCUT2D eigenvalue weighted by molar-refractivity contribution is 0.574. The molecule has 27 heavy (non-hydrogen) atoms. The van der Waals surface area contributed by atoms with Gasteiger partial charge in [0.25, 0.3) is 5.56 Å². The first kappa shape index (κ1) is 17.5. The average Bonchev–Trinajstić information content (AvgIpc) is 3.08. The van der Waals surface area contributed by atoms with E-state index in [0.29, 0.717) is 17.9 Å². The summed E-state index contributed by atoms with van der Waals surface area (Å²) in [6.45, 7) is 4.08. The zero-order valence-corrected chi connectivity index (χ0v) is 16.6. The van der Waals surface area contributed by atoms with Gasteiger partial charge in [-0.3, -0.25) is 9.78 Å². The van der Waals surface area contributed by atoms with Crippen LogP contribution in [-0.2, 0) is 13.6 Å². The SMILES string of the molecule is Cc1nn(C)c(=O)c(-c2nnn(Cc3cc(Br)cc4cccnc34)n2)c1C. The fourth-order valence-electron chi connectivity index (χ4n) is 3.02. The van der Waals surface area contributed by atoms with Gasteiger partial charge in [0.05, 0.1) is 23.3 Å². The summed E-state index contributed by atoms with van der Waals surface area (Å²) in [5.74, 6) is 0.297. The molecule has 0 aliphatic carbocycles. The molecule has 9 heteroatoms. The Kier molecular flexibility index (Phi) is 4.31. The molecule has 0 atom stereocenters. The molecule has 1 aromatic carbocycles. The highest BCUT2D eigenvalue weighted by atomic mass is 79.9. The first-order valence-corrected chi connectivity index (χ1v) is 9.09. The smallest absolute Gasteiger partial charge is 0.267 e. The zero-order valence-electron chi connectivity index (χ0n) is 15.0. The van der Waals surface area contributed by atoms with Crippen molar-refractivity contribution in [2.75, 3.05) is 0 Å². The summed E-state index contributed by atoms with van der Waals surface area (Å²) < 4.78 is 2.25. The Bertz CT molecular complexity index is 1230. The number of pyridine rings is 1. The normalized spacial score (nSPS) is 11.3. The topological polar surface area (TPSA) is 91.4 Å². The Morgan fingerprint density at radius 3 is 2.81 bits per heavy atom. The minimum atomic E-state index is -0.243. The molecule has 4 rings (SSSR count). The third-order valence-electron chi connectivity index (χ3n) is 4.46. The van der Waals surface area contributed by atoms with E-state index < -0.39 is 0 Å².